The third-order valence-electron chi connectivity index (χ3n) is 8.93. The standard InChI is InChI=1S/C40H24BrN/c41-29-18-15-25(16-19-29)24-11-13-26(14-12-24)28-17-20-32-30-7-1-2-8-31(30)35-22-37-33-9-3-5-27-6-4-10-38(40(27)33)42-39(37)23-36(35)34(32)21-28/h1-23,28H. The Morgan fingerprint density at radius 3 is 2.07 bits per heavy atom. The molecule has 0 spiro atoms. The van der Waals surface area contributed by atoms with Crippen molar-refractivity contribution in [2.75, 3.05) is 0 Å². The van der Waals surface area contributed by atoms with Crippen LogP contribution in [0.25, 0.3) is 77.4 Å². The van der Waals surface area contributed by atoms with Crippen molar-refractivity contribution in [1.29, 1.82) is 0 Å². The summed E-state index contributed by atoms with van der Waals surface area (Å²) in [5, 5.41) is 11.4. The molecule has 0 saturated carbocycles. The van der Waals surface area contributed by atoms with E-state index in [1.807, 2.05) is 0 Å². The first kappa shape index (κ1) is 23.9. The molecule has 42 heavy (non-hydrogen) atoms. The summed E-state index contributed by atoms with van der Waals surface area (Å²) in [4.78, 5) is 5.19. The Bertz CT molecular complexity index is 2450. The Kier molecular flexibility index (Phi) is 5.18. The van der Waals surface area contributed by atoms with E-state index in [0.29, 0.717) is 0 Å². The van der Waals surface area contributed by atoms with Crippen LogP contribution in [0.5, 0.6) is 0 Å². The first-order chi connectivity index (χ1) is 20.7. The maximum absolute atomic E-state index is 5.19. The van der Waals surface area contributed by atoms with Gasteiger partial charge >= 0.3 is 0 Å². The van der Waals surface area contributed by atoms with E-state index in [4.69, 9.17) is 4.98 Å². The summed E-state index contributed by atoms with van der Waals surface area (Å²) in [6.07, 6.45) is 7.12. The van der Waals surface area contributed by atoms with Crippen molar-refractivity contribution in [3.63, 3.8) is 0 Å². The SMILES string of the molecule is Brc1ccc(-c2ccc(C3C=Cc4c(c5cc6nc7cccc8cccc(c6cc5c5ccccc45)c87)=C3)cc2)cc1. The normalized spacial score (nSPS) is 14.6. The lowest BCUT2D eigenvalue weighted by Gasteiger charge is -2.18. The molecule has 0 bridgehead atoms. The highest BCUT2D eigenvalue weighted by Gasteiger charge is 2.17. The molecule has 2 heteroatoms. The molecule has 0 radical (unpaired) electrons. The van der Waals surface area contributed by atoms with Gasteiger partial charge in [-0.25, -0.2) is 4.98 Å². The van der Waals surface area contributed by atoms with Gasteiger partial charge in [0, 0.05) is 21.2 Å². The second kappa shape index (κ2) is 9.11. The number of hydrogen-bond acceptors (Lipinski definition) is 1. The van der Waals surface area contributed by atoms with Crippen LogP contribution in [0.3, 0.4) is 0 Å². The van der Waals surface area contributed by atoms with Gasteiger partial charge in [-0.15, -0.1) is 0 Å². The minimum atomic E-state index is 0.197. The fraction of sp³-hybridized carbons (Fsp3) is 0.0250. The summed E-state index contributed by atoms with van der Waals surface area (Å²) in [6, 6.07) is 44.1. The summed E-state index contributed by atoms with van der Waals surface area (Å²) < 4.78 is 1.10. The second-order valence-corrected chi connectivity index (χ2v) is 12.2. The predicted octanol–water partition coefficient (Wildman–Crippen LogP) is 10.6. The van der Waals surface area contributed by atoms with Gasteiger partial charge in [0.15, 0.2) is 0 Å². The van der Waals surface area contributed by atoms with Crippen LogP contribution in [-0.4, -0.2) is 4.98 Å². The molecule has 7 aromatic carbocycles. The van der Waals surface area contributed by atoms with Crippen molar-refractivity contribution in [1.82, 2.24) is 4.98 Å². The highest BCUT2D eigenvalue weighted by atomic mass is 79.9. The van der Waals surface area contributed by atoms with E-state index < -0.39 is 0 Å². The molecule has 1 aromatic heterocycles. The van der Waals surface area contributed by atoms with Gasteiger partial charge < -0.3 is 0 Å². The first-order valence-corrected chi connectivity index (χ1v) is 15.2. The quantitative estimate of drug-likeness (QED) is 0.143. The number of pyridine rings is 1. The van der Waals surface area contributed by atoms with Gasteiger partial charge in [0.1, 0.15) is 0 Å². The van der Waals surface area contributed by atoms with Crippen LogP contribution in [0, 0.1) is 0 Å². The lowest BCUT2D eigenvalue weighted by atomic mass is 9.85. The average Bonchev–Trinajstić information content (AvgIpc) is 3.05. The maximum atomic E-state index is 5.19. The summed E-state index contributed by atoms with van der Waals surface area (Å²) in [6.45, 7) is 0. The van der Waals surface area contributed by atoms with Crippen LogP contribution in [0.2, 0.25) is 0 Å². The zero-order valence-electron chi connectivity index (χ0n) is 22.7. The van der Waals surface area contributed by atoms with Gasteiger partial charge in [0.25, 0.3) is 0 Å². The summed E-state index contributed by atoms with van der Waals surface area (Å²) >= 11 is 3.54. The molecule has 0 aliphatic heterocycles. The van der Waals surface area contributed by atoms with Crippen molar-refractivity contribution in [3.05, 3.63) is 148 Å². The Morgan fingerprint density at radius 2 is 1.26 bits per heavy atom. The molecule has 1 aliphatic rings. The topological polar surface area (TPSA) is 12.9 Å². The van der Waals surface area contributed by atoms with E-state index in [2.05, 4.69) is 155 Å². The van der Waals surface area contributed by atoms with Crippen LogP contribution in [0.1, 0.15) is 17.0 Å². The van der Waals surface area contributed by atoms with Gasteiger partial charge in [-0.1, -0.05) is 125 Å². The van der Waals surface area contributed by atoms with Crippen LogP contribution in [-0.2, 0) is 0 Å². The molecular formula is C40H24BrN. The molecule has 1 unspecified atom stereocenters. The summed E-state index contributed by atoms with van der Waals surface area (Å²) in [5.74, 6) is 0.197. The molecule has 0 N–H and O–H groups in total. The van der Waals surface area contributed by atoms with Crippen LogP contribution in [0.15, 0.2) is 132 Å². The molecule has 8 aromatic rings. The zero-order chi connectivity index (χ0) is 27.8. The van der Waals surface area contributed by atoms with Gasteiger partial charge in [0.2, 0.25) is 0 Å². The van der Waals surface area contributed by atoms with Gasteiger partial charge in [-0.2, -0.15) is 0 Å². The van der Waals surface area contributed by atoms with Crippen LogP contribution >= 0.6 is 15.9 Å². The van der Waals surface area contributed by atoms with E-state index in [9.17, 15) is 0 Å². The summed E-state index contributed by atoms with van der Waals surface area (Å²) in [7, 11) is 0. The Balaban J connectivity index is 1.29. The third kappa shape index (κ3) is 3.59. The molecule has 0 fully saturated rings. The number of allylic oxidation sites excluding steroid dienone is 1. The molecule has 1 aliphatic carbocycles. The molecule has 1 heterocycles. The zero-order valence-corrected chi connectivity index (χ0v) is 24.3. The van der Waals surface area contributed by atoms with Crippen molar-refractivity contribution < 1.29 is 0 Å². The smallest absolute Gasteiger partial charge is 0.0722 e. The minimum absolute atomic E-state index is 0.197. The molecule has 196 valence electrons. The molecule has 1 nitrogen and oxygen atoms in total. The predicted molar refractivity (Wildman–Crippen MR) is 183 cm³/mol. The van der Waals surface area contributed by atoms with Gasteiger partial charge in [-0.3, -0.25) is 0 Å². The van der Waals surface area contributed by atoms with E-state index in [1.165, 1.54) is 70.6 Å². The van der Waals surface area contributed by atoms with Crippen LogP contribution in [0.4, 0.5) is 0 Å². The summed E-state index contributed by atoms with van der Waals surface area (Å²) in [5.41, 5.74) is 7.14. The fourth-order valence-corrected chi connectivity index (χ4v) is 7.16. The van der Waals surface area contributed by atoms with E-state index in [0.717, 1.165) is 15.5 Å². The van der Waals surface area contributed by atoms with E-state index >= 15 is 0 Å². The fourth-order valence-electron chi connectivity index (χ4n) is 6.90. The number of rotatable bonds is 2. The Hall–Kier alpha value is -4.79. The Morgan fingerprint density at radius 1 is 0.548 bits per heavy atom. The third-order valence-corrected chi connectivity index (χ3v) is 9.46. The largest absolute Gasteiger partial charge is 0.248 e. The number of halogens is 1. The molecule has 1 atom stereocenters. The number of fused-ring (bicyclic) bond motifs is 8. The number of hydrogen-bond donors (Lipinski definition) is 0. The van der Waals surface area contributed by atoms with Crippen molar-refractivity contribution in [2.24, 2.45) is 0 Å². The number of nitrogens with zero attached hydrogens (tertiary/aromatic N) is 1. The molecule has 9 rings (SSSR count). The Labute approximate surface area is 251 Å². The number of aromatic nitrogens is 1. The average molecular weight is 599 g/mol. The molecule has 0 amide bonds. The monoisotopic (exact) mass is 597 g/mol. The molecule has 0 saturated heterocycles. The van der Waals surface area contributed by atoms with Gasteiger partial charge in [-0.05, 0) is 90.1 Å². The lowest BCUT2D eigenvalue weighted by Crippen LogP contribution is -2.14. The van der Waals surface area contributed by atoms with Crippen molar-refractivity contribution in [2.45, 2.75) is 5.92 Å². The highest BCUT2D eigenvalue weighted by Crippen LogP contribution is 2.37. The van der Waals surface area contributed by atoms with Crippen LogP contribution < -0.4 is 5.22 Å². The van der Waals surface area contributed by atoms with Crippen molar-refractivity contribution >= 4 is 82.2 Å². The van der Waals surface area contributed by atoms with E-state index in [1.54, 1.807) is 0 Å². The number of benzene rings is 7. The highest BCUT2D eigenvalue weighted by molar-refractivity contribution is 9.10. The maximum Gasteiger partial charge on any atom is 0.0722 e. The first-order valence-electron chi connectivity index (χ1n) is 14.4. The van der Waals surface area contributed by atoms with Crippen molar-refractivity contribution in [3.8, 4) is 11.1 Å². The molecular weight excluding hydrogens is 574 g/mol. The minimum Gasteiger partial charge on any atom is -0.248 e. The van der Waals surface area contributed by atoms with Gasteiger partial charge in [0.05, 0.1) is 11.0 Å². The van der Waals surface area contributed by atoms with E-state index in [-0.39, 0.29) is 5.92 Å². The second-order valence-electron chi connectivity index (χ2n) is 11.3. The lowest BCUT2D eigenvalue weighted by molar-refractivity contribution is 1.14.